The van der Waals surface area contributed by atoms with E-state index in [1.165, 1.54) is 4.70 Å². The Morgan fingerprint density at radius 2 is 1.02 bits per heavy atom. The Morgan fingerprint density at radius 3 is 1.88 bits per heavy atom. The van der Waals surface area contributed by atoms with Crippen LogP contribution in [0.5, 0.6) is 0 Å². The van der Waals surface area contributed by atoms with Gasteiger partial charge in [0.25, 0.3) is 0 Å². The van der Waals surface area contributed by atoms with Gasteiger partial charge < -0.3 is 8.83 Å². The first-order chi connectivity index (χ1) is 28.2. The molecule has 0 aliphatic carbocycles. The van der Waals surface area contributed by atoms with Crippen LogP contribution in [0.1, 0.15) is 0 Å². The zero-order valence-electron chi connectivity index (χ0n) is 30.0. The van der Waals surface area contributed by atoms with E-state index in [0.717, 1.165) is 93.0 Å². The van der Waals surface area contributed by atoms with Crippen LogP contribution in [0.2, 0.25) is 0 Å². The van der Waals surface area contributed by atoms with E-state index in [1.807, 2.05) is 109 Å². The number of furan rings is 2. The summed E-state index contributed by atoms with van der Waals surface area (Å²) in [6.07, 6.45) is 0. The van der Waals surface area contributed by atoms with Crippen molar-refractivity contribution < 1.29 is 8.83 Å². The predicted molar refractivity (Wildman–Crippen MR) is 230 cm³/mol. The third-order valence-electron chi connectivity index (χ3n) is 10.6. The molecular weight excluding hydrogens is 723 g/mol. The van der Waals surface area contributed by atoms with E-state index in [1.54, 1.807) is 11.3 Å². The molecule has 0 aliphatic rings. The lowest BCUT2D eigenvalue weighted by Gasteiger charge is -2.09. The molecule has 0 radical (unpaired) electrons. The van der Waals surface area contributed by atoms with Gasteiger partial charge in [-0.15, -0.1) is 11.3 Å². The van der Waals surface area contributed by atoms with Crippen LogP contribution < -0.4 is 0 Å². The lowest BCUT2D eigenvalue weighted by molar-refractivity contribution is 0.669. The van der Waals surface area contributed by atoms with Crippen molar-refractivity contribution in [1.82, 2.24) is 24.9 Å². The van der Waals surface area contributed by atoms with Crippen molar-refractivity contribution in [2.45, 2.75) is 0 Å². The molecule has 12 rings (SSSR count). The first-order valence-electron chi connectivity index (χ1n) is 18.7. The molecule has 5 heterocycles. The Labute approximate surface area is 328 Å². The molecule has 266 valence electrons. The summed E-state index contributed by atoms with van der Waals surface area (Å²) >= 11 is 1.72. The summed E-state index contributed by atoms with van der Waals surface area (Å²) < 4.78 is 15.2. The molecule has 0 bridgehead atoms. The van der Waals surface area contributed by atoms with Gasteiger partial charge in [0.2, 0.25) is 0 Å². The number of aromatic nitrogens is 5. The smallest absolute Gasteiger partial charge is 0.164 e. The number of thiophene rings is 1. The maximum absolute atomic E-state index is 6.68. The molecule has 7 aromatic carbocycles. The molecule has 0 spiro atoms. The van der Waals surface area contributed by atoms with Crippen molar-refractivity contribution in [3.05, 3.63) is 164 Å². The van der Waals surface area contributed by atoms with Crippen LogP contribution in [-0.2, 0) is 0 Å². The summed E-state index contributed by atoms with van der Waals surface area (Å²) in [6.45, 7) is 0. The Balaban J connectivity index is 1.05. The average molecular weight is 750 g/mol. The standard InChI is InChI=1S/C49H27N5O2S/c1-3-13-28(14-4-1)42-45-43(33-18-8-10-24-40(33)57-45)51-49(50-42)35-21-11-19-31-36-27-30(25-26-38(36)56-44(31)35)47-52-46(29-15-5-2-6-16-29)53-48(54-47)34-20-12-23-39-41(34)32-17-7-9-22-37(32)55-39/h1-27H. The molecule has 0 atom stereocenters. The zero-order valence-corrected chi connectivity index (χ0v) is 30.9. The number of nitrogens with zero attached hydrogens (tertiary/aromatic N) is 5. The van der Waals surface area contributed by atoms with E-state index in [9.17, 15) is 0 Å². The van der Waals surface area contributed by atoms with Gasteiger partial charge in [-0.05, 0) is 42.5 Å². The maximum atomic E-state index is 6.68. The molecule has 8 heteroatoms. The van der Waals surface area contributed by atoms with Crippen LogP contribution in [0.3, 0.4) is 0 Å². The zero-order chi connectivity index (χ0) is 37.5. The number of benzene rings is 7. The lowest BCUT2D eigenvalue weighted by atomic mass is 10.0. The highest BCUT2D eigenvalue weighted by molar-refractivity contribution is 7.26. The van der Waals surface area contributed by atoms with E-state index in [0.29, 0.717) is 23.3 Å². The topological polar surface area (TPSA) is 90.7 Å². The van der Waals surface area contributed by atoms with Crippen molar-refractivity contribution in [1.29, 1.82) is 0 Å². The van der Waals surface area contributed by atoms with E-state index in [4.69, 9.17) is 33.8 Å². The van der Waals surface area contributed by atoms with Gasteiger partial charge >= 0.3 is 0 Å². The van der Waals surface area contributed by atoms with E-state index in [-0.39, 0.29) is 0 Å². The molecule has 7 nitrogen and oxygen atoms in total. The number of hydrogen-bond donors (Lipinski definition) is 0. The van der Waals surface area contributed by atoms with Crippen molar-refractivity contribution in [2.24, 2.45) is 0 Å². The maximum Gasteiger partial charge on any atom is 0.164 e. The fraction of sp³-hybridized carbons (Fsp3) is 0. The second-order valence-electron chi connectivity index (χ2n) is 14.0. The summed E-state index contributed by atoms with van der Waals surface area (Å²) in [5, 5.41) is 5.00. The highest BCUT2D eigenvalue weighted by atomic mass is 32.1. The van der Waals surface area contributed by atoms with Gasteiger partial charge in [-0.2, -0.15) is 0 Å². The molecule has 0 aliphatic heterocycles. The van der Waals surface area contributed by atoms with Gasteiger partial charge in [0.15, 0.2) is 23.3 Å². The van der Waals surface area contributed by atoms with Crippen molar-refractivity contribution in [3.63, 3.8) is 0 Å². The van der Waals surface area contributed by atoms with Gasteiger partial charge in [0, 0.05) is 53.9 Å². The van der Waals surface area contributed by atoms with Crippen LogP contribution in [0.4, 0.5) is 0 Å². The Kier molecular flexibility index (Phi) is 6.96. The second-order valence-corrected chi connectivity index (χ2v) is 15.0. The Morgan fingerprint density at radius 1 is 0.386 bits per heavy atom. The number of para-hydroxylation sites is 2. The average Bonchev–Trinajstić information content (AvgIpc) is 3.98. The first kappa shape index (κ1) is 31.8. The molecule has 0 saturated heterocycles. The van der Waals surface area contributed by atoms with Crippen LogP contribution in [-0.4, -0.2) is 24.9 Å². The van der Waals surface area contributed by atoms with Crippen molar-refractivity contribution in [2.75, 3.05) is 0 Å². The minimum atomic E-state index is 0.557. The van der Waals surface area contributed by atoms with Crippen molar-refractivity contribution >= 4 is 75.5 Å². The molecule has 57 heavy (non-hydrogen) atoms. The number of rotatable bonds is 5. The quantitative estimate of drug-likeness (QED) is 0.173. The Bertz CT molecular complexity index is 3540. The van der Waals surface area contributed by atoms with Crippen LogP contribution in [0.15, 0.2) is 173 Å². The molecule has 12 aromatic rings. The SMILES string of the molecule is c1ccc(-c2nc(-c3ccc4oc5c(-c6nc(-c7ccccc7)c7sc8ccccc8c7n6)cccc5c4c3)nc(-c3cccc4oc5ccccc5c34)n2)cc1. The number of fused-ring (bicyclic) bond motifs is 9. The van der Waals surface area contributed by atoms with E-state index >= 15 is 0 Å². The summed E-state index contributed by atoms with van der Waals surface area (Å²) in [5.74, 6) is 2.33. The van der Waals surface area contributed by atoms with E-state index < -0.39 is 0 Å². The fourth-order valence-electron chi connectivity index (χ4n) is 7.92. The molecular formula is C49H27N5O2S. The second kappa shape index (κ2) is 12.5. The van der Waals surface area contributed by atoms with Crippen LogP contribution in [0.25, 0.3) is 121 Å². The van der Waals surface area contributed by atoms with Gasteiger partial charge in [-0.25, -0.2) is 24.9 Å². The normalized spacial score (nSPS) is 11.9. The first-order valence-corrected chi connectivity index (χ1v) is 19.5. The largest absolute Gasteiger partial charge is 0.456 e. The predicted octanol–water partition coefficient (Wildman–Crippen LogP) is 13.2. The highest BCUT2D eigenvalue weighted by Gasteiger charge is 2.22. The molecule has 0 saturated carbocycles. The summed E-state index contributed by atoms with van der Waals surface area (Å²) in [5.41, 5.74) is 9.41. The van der Waals surface area contributed by atoms with Gasteiger partial charge in [0.1, 0.15) is 22.3 Å². The van der Waals surface area contributed by atoms with Gasteiger partial charge in [-0.1, -0.05) is 121 Å². The molecule has 0 N–H and O–H groups in total. The van der Waals surface area contributed by atoms with Gasteiger partial charge in [0.05, 0.1) is 21.5 Å². The summed E-state index contributed by atoms with van der Waals surface area (Å²) in [6, 6.07) is 55.1. The fourth-order valence-corrected chi connectivity index (χ4v) is 9.07. The number of hydrogen-bond acceptors (Lipinski definition) is 8. The molecule has 0 amide bonds. The van der Waals surface area contributed by atoms with E-state index in [2.05, 4.69) is 54.6 Å². The van der Waals surface area contributed by atoms with Gasteiger partial charge in [-0.3, -0.25) is 0 Å². The minimum Gasteiger partial charge on any atom is -0.456 e. The van der Waals surface area contributed by atoms with Crippen LogP contribution >= 0.6 is 11.3 Å². The summed E-state index contributed by atoms with van der Waals surface area (Å²) in [7, 11) is 0. The lowest BCUT2D eigenvalue weighted by Crippen LogP contribution is -2.00. The molecule has 0 fully saturated rings. The minimum absolute atomic E-state index is 0.557. The van der Waals surface area contributed by atoms with Crippen LogP contribution in [0, 0.1) is 0 Å². The molecule has 0 unspecified atom stereocenters. The third-order valence-corrected chi connectivity index (χ3v) is 11.7. The molecule has 5 aromatic heterocycles. The Hall–Kier alpha value is -7.55. The summed E-state index contributed by atoms with van der Waals surface area (Å²) in [4.78, 5) is 25.7. The monoisotopic (exact) mass is 749 g/mol. The highest BCUT2D eigenvalue weighted by Crippen LogP contribution is 2.42. The van der Waals surface area contributed by atoms with Crippen molar-refractivity contribution in [3.8, 4) is 56.8 Å². The third kappa shape index (κ3) is 5.08.